The summed E-state index contributed by atoms with van der Waals surface area (Å²) < 4.78 is 1.83. The van der Waals surface area contributed by atoms with E-state index in [-0.39, 0.29) is 0 Å². The Morgan fingerprint density at radius 2 is 2.06 bits per heavy atom. The highest BCUT2D eigenvalue weighted by atomic mass is 35.5. The first-order valence-electron chi connectivity index (χ1n) is 6.00. The molecule has 1 heterocycles. The fraction of sp³-hybridized carbons (Fsp3) is 0.417. The Hall–Kier alpha value is -1.46. The van der Waals surface area contributed by atoms with Gasteiger partial charge in [-0.25, -0.2) is 4.68 Å². The molecule has 0 spiro atoms. The monoisotopic (exact) mass is 265 g/mol. The number of rotatable bonds is 6. The molecule has 0 aliphatic carbocycles. The molecule has 5 nitrogen and oxygen atoms in total. The van der Waals surface area contributed by atoms with Crippen LogP contribution in [-0.4, -0.2) is 26.8 Å². The van der Waals surface area contributed by atoms with Crippen LogP contribution in [0.4, 0.5) is 0 Å². The molecule has 1 N–H and O–H groups in total. The number of halogens is 1. The number of aryl methyl sites for hydroxylation is 2. The van der Waals surface area contributed by atoms with Crippen molar-refractivity contribution in [3.05, 3.63) is 40.7 Å². The van der Waals surface area contributed by atoms with Crippen LogP contribution >= 0.6 is 11.6 Å². The minimum absolute atomic E-state index is 0.699. The molecule has 2 rings (SSSR count). The predicted octanol–water partition coefficient (Wildman–Crippen LogP) is 1.68. The molecule has 96 valence electrons. The number of tetrazole rings is 1. The second-order valence-electron chi connectivity index (χ2n) is 3.98. The largest absolute Gasteiger partial charge is 0.310 e. The molecule has 1 aromatic heterocycles. The lowest BCUT2D eigenvalue weighted by Crippen LogP contribution is -2.17. The maximum atomic E-state index is 5.85. The van der Waals surface area contributed by atoms with E-state index in [0.29, 0.717) is 6.54 Å². The maximum Gasteiger partial charge on any atom is 0.165 e. The minimum atomic E-state index is 0.699. The van der Waals surface area contributed by atoms with Gasteiger partial charge >= 0.3 is 0 Å². The summed E-state index contributed by atoms with van der Waals surface area (Å²) in [6.45, 7) is 4.44. The average molecular weight is 266 g/mol. The third kappa shape index (κ3) is 3.51. The molecular formula is C12H16ClN5. The van der Waals surface area contributed by atoms with Gasteiger partial charge in [-0.15, -0.1) is 5.10 Å². The van der Waals surface area contributed by atoms with Gasteiger partial charge in [0, 0.05) is 11.6 Å². The molecule has 0 aliphatic heterocycles. The molecule has 0 saturated carbocycles. The first kappa shape index (κ1) is 13.0. The van der Waals surface area contributed by atoms with Crippen LogP contribution in [0.5, 0.6) is 0 Å². The number of nitrogens with zero attached hydrogens (tertiary/aromatic N) is 4. The van der Waals surface area contributed by atoms with Crippen molar-refractivity contribution in [1.29, 1.82) is 0 Å². The van der Waals surface area contributed by atoms with Crippen molar-refractivity contribution in [1.82, 2.24) is 25.5 Å². The van der Waals surface area contributed by atoms with Crippen LogP contribution in [0, 0.1) is 0 Å². The van der Waals surface area contributed by atoms with Crippen molar-refractivity contribution in [2.75, 3.05) is 6.54 Å². The van der Waals surface area contributed by atoms with E-state index in [1.807, 2.05) is 28.9 Å². The molecule has 0 amide bonds. The van der Waals surface area contributed by atoms with E-state index >= 15 is 0 Å². The summed E-state index contributed by atoms with van der Waals surface area (Å²) in [4.78, 5) is 0. The molecule has 18 heavy (non-hydrogen) atoms. The van der Waals surface area contributed by atoms with E-state index in [1.54, 1.807) is 0 Å². The summed E-state index contributed by atoms with van der Waals surface area (Å²) in [6, 6.07) is 7.85. The molecule has 0 bridgehead atoms. The van der Waals surface area contributed by atoms with Gasteiger partial charge < -0.3 is 5.32 Å². The van der Waals surface area contributed by atoms with Gasteiger partial charge in [-0.1, -0.05) is 30.7 Å². The zero-order valence-electron chi connectivity index (χ0n) is 10.3. The Bertz CT molecular complexity index is 479. The highest BCUT2D eigenvalue weighted by molar-refractivity contribution is 6.30. The predicted molar refractivity (Wildman–Crippen MR) is 70.4 cm³/mol. The number of nitrogens with one attached hydrogen (secondary N) is 1. The molecule has 0 radical (unpaired) electrons. The molecule has 0 atom stereocenters. The first-order chi connectivity index (χ1) is 8.79. The lowest BCUT2D eigenvalue weighted by Gasteiger charge is -2.05. The molecule has 2 aromatic rings. The SMILES string of the molecule is CCNCc1nnnn1CCc1ccc(Cl)cc1. The molecule has 0 fully saturated rings. The van der Waals surface area contributed by atoms with Gasteiger partial charge in [0.2, 0.25) is 0 Å². The third-order valence-corrected chi connectivity index (χ3v) is 2.92. The van der Waals surface area contributed by atoms with E-state index in [4.69, 9.17) is 11.6 Å². The van der Waals surface area contributed by atoms with E-state index in [0.717, 1.165) is 30.4 Å². The van der Waals surface area contributed by atoms with Crippen LogP contribution in [0.1, 0.15) is 18.3 Å². The fourth-order valence-electron chi connectivity index (χ4n) is 1.65. The minimum Gasteiger partial charge on any atom is -0.310 e. The lowest BCUT2D eigenvalue weighted by atomic mass is 10.1. The Morgan fingerprint density at radius 1 is 1.28 bits per heavy atom. The Morgan fingerprint density at radius 3 is 2.78 bits per heavy atom. The van der Waals surface area contributed by atoms with Crippen molar-refractivity contribution >= 4 is 11.6 Å². The van der Waals surface area contributed by atoms with Crippen molar-refractivity contribution in [3.63, 3.8) is 0 Å². The van der Waals surface area contributed by atoms with E-state index in [1.165, 1.54) is 5.56 Å². The zero-order valence-corrected chi connectivity index (χ0v) is 11.1. The van der Waals surface area contributed by atoms with E-state index in [9.17, 15) is 0 Å². The number of hydrogen-bond acceptors (Lipinski definition) is 4. The number of aromatic nitrogens is 4. The van der Waals surface area contributed by atoms with Gasteiger partial charge in [-0.3, -0.25) is 0 Å². The van der Waals surface area contributed by atoms with E-state index in [2.05, 4.69) is 27.8 Å². The maximum absolute atomic E-state index is 5.85. The van der Waals surface area contributed by atoms with Crippen LogP contribution in [0.25, 0.3) is 0 Å². The van der Waals surface area contributed by atoms with Crippen LogP contribution in [0.2, 0.25) is 5.02 Å². The molecule has 0 aliphatic rings. The second kappa shape index (κ2) is 6.47. The Labute approximate surface area is 111 Å². The number of hydrogen-bond donors (Lipinski definition) is 1. The van der Waals surface area contributed by atoms with Crippen LogP contribution in [-0.2, 0) is 19.5 Å². The van der Waals surface area contributed by atoms with Crippen molar-refractivity contribution in [2.24, 2.45) is 0 Å². The van der Waals surface area contributed by atoms with Gasteiger partial charge in [0.05, 0.1) is 6.54 Å². The highest BCUT2D eigenvalue weighted by Gasteiger charge is 2.05. The third-order valence-electron chi connectivity index (χ3n) is 2.66. The van der Waals surface area contributed by atoms with E-state index < -0.39 is 0 Å². The summed E-state index contributed by atoms with van der Waals surface area (Å²) in [5.74, 6) is 0.866. The van der Waals surface area contributed by atoms with Gasteiger partial charge in [0.1, 0.15) is 0 Å². The van der Waals surface area contributed by atoms with Gasteiger partial charge in [-0.2, -0.15) is 0 Å². The van der Waals surface area contributed by atoms with Crippen molar-refractivity contribution in [3.8, 4) is 0 Å². The molecule has 0 unspecified atom stereocenters. The summed E-state index contributed by atoms with van der Waals surface area (Å²) >= 11 is 5.85. The molecule has 1 aromatic carbocycles. The van der Waals surface area contributed by atoms with Crippen LogP contribution in [0.15, 0.2) is 24.3 Å². The smallest absolute Gasteiger partial charge is 0.165 e. The summed E-state index contributed by atoms with van der Waals surface area (Å²) in [7, 11) is 0. The zero-order chi connectivity index (χ0) is 12.8. The van der Waals surface area contributed by atoms with Crippen LogP contribution in [0.3, 0.4) is 0 Å². The topological polar surface area (TPSA) is 55.6 Å². The van der Waals surface area contributed by atoms with Crippen molar-refractivity contribution in [2.45, 2.75) is 26.4 Å². The van der Waals surface area contributed by atoms with Gasteiger partial charge in [-0.05, 0) is 41.1 Å². The second-order valence-corrected chi connectivity index (χ2v) is 4.41. The Balaban J connectivity index is 1.93. The fourth-order valence-corrected chi connectivity index (χ4v) is 1.77. The normalized spacial score (nSPS) is 10.8. The standard InChI is InChI=1S/C12H16ClN5/c1-2-14-9-12-15-16-17-18(12)8-7-10-3-5-11(13)6-4-10/h3-6,14H,2,7-9H2,1H3. The van der Waals surface area contributed by atoms with Gasteiger partial charge in [0.15, 0.2) is 5.82 Å². The Kier molecular flexibility index (Phi) is 4.66. The lowest BCUT2D eigenvalue weighted by molar-refractivity contribution is 0.546. The summed E-state index contributed by atoms with van der Waals surface area (Å²) in [6.07, 6.45) is 0.890. The summed E-state index contributed by atoms with van der Waals surface area (Å²) in [5, 5.41) is 15.7. The molecular weight excluding hydrogens is 250 g/mol. The first-order valence-corrected chi connectivity index (χ1v) is 6.37. The quantitative estimate of drug-likeness (QED) is 0.863. The van der Waals surface area contributed by atoms with Gasteiger partial charge in [0.25, 0.3) is 0 Å². The van der Waals surface area contributed by atoms with Crippen molar-refractivity contribution < 1.29 is 0 Å². The summed E-state index contributed by atoms with van der Waals surface area (Å²) in [5.41, 5.74) is 1.23. The molecule has 0 saturated heterocycles. The number of benzene rings is 1. The highest BCUT2D eigenvalue weighted by Crippen LogP contribution is 2.10. The van der Waals surface area contributed by atoms with Crippen LogP contribution < -0.4 is 5.32 Å². The average Bonchev–Trinajstić information content (AvgIpc) is 2.83. The molecule has 6 heteroatoms.